The largest absolute Gasteiger partial charge is 0.448 e. The molecule has 0 radical (unpaired) electrons. The van der Waals surface area contributed by atoms with Crippen molar-refractivity contribution in [3.05, 3.63) is 40.9 Å². The minimum absolute atomic E-state index is 0. The van der Waals surface area contributed by atoms with Gasteiger partial charge in [-0.3, -0.25) is 14.2 Å². The van der Waals surface area contributed by atoms with E-state index in [2.05, 4.69) is 10.3 Å². The van der Waals surface area contributed by atoms with Crippen molar-refractivity contribution >= 4 is 40.4 Å². The molecular formula is C20H23ClN4O3. The summed E-state index contributed by atoms with van der Waals surface area (Å²) in [5, 5.41) is 4.26. The van der Waals surface area contributed by atoms with Crippen LogP contribution in [0.15, 0.2) is 39.8 Å². The Balaban J connectivity index is 0.00000192. The lowest BCUT2D eigenvalue weighted by Crippen LogP contribution is -2.37. The van der Waals surface area contributed by atoms with E-state index in [0.29, 0.717) is 22.9 Å². The highest BCUT2D eigenvalue weighted by atomic mass is 35.5. The van der Waals surface area contributed by atoms with E-state index in [1.54, 1.807) is 0 Å². The second kappa shape index (κ2) is 7.56. The highest BCUT2D eigenvalue weighted by molar-refractivity contribution is 6.01. The van der Waals surface area contributed by atoms with Crippen molar-refractivity contribution in [2.24, 2.45) is 11.8 Å². The number of halogens is 1. The van der Waals surface area contributed by atoms with E-state index < -0.39 is 0 Å². The molecule has 1 N–H and O–H groups in total. The molecule has 2 aliphatic rings. The molecule has 3 aromatic rings. The van der Waals surface area contributed by atoms with Crippen LogP contribution in [0.3, 0.4) is 0 Å². The minimum Gasteiger partial charge on any atom is -0.448 e. The van der Waals surface area contributed by atoms with Gasteiger partial charge in [0.1, 0.15) is 17.6 Å². The minimum atomic E-state index is -0.305. The fraction of sp³-hybridized carbons (Fsp3) is 0.450. The summed E-state index contributed by atoms with van der Waals surface area (Å²) in [6, 6.07) is 7.44. The number of aromatic nitrogens is 2. The molecule has 0 unspecified atom stereocenters. The summed E-state index contributed by atoms with van der Waals surface area (Å²) in [7, 11) is 0. The van der Waals surface area contributed by atoms with Gasteiger partial charge >= 0.3 is 0 Å². The van der Waals surface area contributed by atoms with E-state index in [1.807, 2.05) is 29.2 Å². The average molecular weight is 403 g/mol. The molecule has 0 saturated carbocycles. The molecule has 1 aromatic carbocycles. The zero-order valence-electron chi connectivity index (χ0n) is 15.5. The van der Waals surface area contributed by atoms with Crippen LogP contribution in [0.1, 0.15) is 12.8 Å². The maximum atomic E-state index is 12.8. The van der Waals surface area contributed by atoms with E-state index in [4.69, 9.17) is 4.42 Å². The number of carbonyl (C=O) groups excluding carboxylic acids is 1. The van der Waals surface area contributed by atoms with Gasteiger partial charge in [0.15, 0.2) is 0 Å². The normalized spacial score (nSPS) is 22.1. The quantitative estimate of drug-likeness (QED) is 0.709. The highest BCUT2D eigenvalue weighted by Crippen LogP contribution is 2.27. The van der Waals surface area contributed by atoms with Gasteiger partial charge < -0.3 is 14.6 Å². The Morgan fingerprint density at radius 3 is 2.64 bits per heavy atom. The molecule has 0 spiro atoms. The lowest BCUT2D eigenvalue weighted by Gasteiger charge is -2.21. The topological polar surface area (TPSA) is 80.4 Å². The molecule has 2 fully saturated rings. The van der Waals surface area contributed by atoms with Crippen LogP contribution < -0.4 is 10.9 Å². The highest BCUT2D eigenvalue weighted by Gasteiger charge is 2.31. The van der Waals surface area contributed by atoms with Crippen molar-refractivity contribution < 1.29 is 9.21 Å². The number of amides is 1. The maximum Gasteiger partial charge on any atom is 0.297 e. The monoisotopic (exact) mass is 402 g/mol. The summed E-state index contributed by atoms with van der Waals surface area (Å²) in [5.74, 6) is 1.31. The van der Waals surface area contributed by atoms with Gasteiger partial charge in [-0.1, -0.05) is 12.1 Å². The molecule has 5 rings (SSSR count). The van der Waals surface area contributed by atoms with Crippen molar-refractivity contribution in [2.45, 2.75) is 19.4 Å². The molecule has 2 atom stereocenters. The first kappa shape index (κ1) is 19.0. The summed E-state index contributed by atoms with van der Waals surface area (Å²) in [4.78, 5) is 31.9. The van der Waals surface area contributed by atoms with Crippen molar-refractivity contribution in [3.8, 4) is 0 Å². The van der Waals surface area contributed by atoms with Crippen molar-refractivity contribution in [2.75, 3.05) is 26.2 Å². The first-order chi connectivity index (χ1) is 13.2. The van der Waals surface area contributed by atoms with Crippen LogP contribution in [0.5, 0.6) is 0 Å². The van der Waals surface area contributed by atoms with E-state index >= 15 is 0 Å². The number of benzene rings is 1. The van der Waals surface area contributed by atoms with Gasteiger partial charge in [-0.2, -0.15) is 0 Å². The Morgan fingerprint density at radius 1 is 1.18 bits per heavy atom. The SMILES string of the molecule is Cl.O=C(Cn1cnc2c(oc3ccccc32)c1=O)N1CC[C@@H]2CNC[C@@H]2CC1. The van der Waals surface area contributed by atoms with E-state index in [0.717, 1.165) is 44.4 Å². The zero-order valence-corrected chi connectivity index (χ0v) is 16.3. The zero-order chi connectivity index (χ0) is 18.4. The van der Waals surface area contributed by atoms with E-state index in [1.165, 1.54) is 10.9 Å². The Kier molecular flexibility index (Phi) is 5.12. The second-order valence-electron chi connectivity index (χ2n) is 7.59. The van der Waals surface area contributed by atoms with Crippen molar-refractivity contribution in [3.63, 3.8) is 0 Å². The Bertz CT molecular complexity index is 1060. The van der Waals surface area contributed by atoms with Gasteiger partial charge in [-0.25, -0.2) is 4.98 Å². The maximum absolute atomic E-state index is 12.8. The van der Waals surface area contributed by atoms with Crippen LogP contribution in [-0.4, -0.2) is 46.5 Å². The summed E-state index contributed by atoms with van der Waals surface area (Å²) >= 11 is 0. The molecule has 2 aliphatic heterocycles. The van der Waals surface area contributed by atoms with Gasteiger partial charge in [0, 0.05) is 18.5 Å². The number of nitrogens with zero attached hydrogens (tertiary/aromatic N) is 3. The predicted molar refractivity (Wildman–Crippen MR) is 109 cm³/mol. The number of fused-ring (bicyclic) bond motifs is 4. The number of para-hydroxylation sites is 1. The van der Waals surface area contributed by atoms with E-state index in [-0.39, 0.29) is 36.0 Å². The van der Waals surface area contributed by atoms with Crippen LogP contribution in [0.4, 0.5) is 0 Å². The Morgan fingerprint density at radius 2 is 1.89 bits per heavy atom. The standard InChI is InChI=1S/C20H22N4O3.ClH/c25-17(23-7-5-13-9-21-10-14(13)6-8-23)11-24-12-22-18-15-3-1-2-4-16(15)27-19(18)20(24)26;/h1-4,12-14,21H,5-11H2;1H/t13-,14+;. The van der Waals surface area contributed by atoms with Crippen molar-refractivity contribution in [1.29, 1.82) is 0 Å². The van der Waals surface area contributed by atoms with Crippen LogP contribution in [-0.2, 0) is 11.3 Å². The molecule has 148 valence electrons. The molecule has 0 aliphatic carbocycles. The molecule has 2 saturated heterocycles. The fourth-order valence-corrected chi connectivity index (χ4v) is 4.44. The Hall–Kier alpha value is -2.38. The van der Waals surface area contributed by atoms with Crippen LogP contribution in [0.25, 0.3) is 22.1 Å². The first-order valence-electron chi connectivity index (χ1n) is 9.56. The number of furan rings is 1. The first-order valence-corrected chi connectivity index (χ1v) is 9.56. The summed E-state index contributed by atoms with van der Waals surface area (Å²) in [6.45, 7) is 3.64. The third-order valence-corrected chi connectivity index (χ3v) is 6.03. The number of hydrogen-bond acceptors (Lipinski definition) is 5. The van der Waals surface area contributed by atoms with Gasteiger partial charge in [0.25, 0.3) is 5.56 Å². The lowest BCUT2D eigenvalue weighted by atomic mass is 9.92. The molecule has 7 nitrogen and oxygen atoms in total. The summed E-state index contributed by atoms with van der Waals surface area (Å²) in [6.07, 6.45) is 3.51. The fourth-order valence-electron chi connectivity index (χ4n) is 4.44. The number of likely N-dealkylation sites (tertiary alicyclic amines) is 1. The second-order valence-corrected chi connectivity index (χ2v) is 7.59. The van der Waals surface area contributed by atoms with Crippen LogP contribution >= 0.6 is 12.4 Å². The number of carbonyl (C=O) groups is 1. The lowest BCUT2D eigenvalue weighted by molar-refractivity contribution is -0.131. The summed E-state index contributed by atoms with van der Waals surface area (Å²) in [5.41, 5.74) is 1.09. The van der Waals surface area contributed by atoms with Gasteiger partial charge in [-0.05, 0) is 49.9 Å². The molecule has 28 heavy (non-hydrogen) atoms. The molecule has 2 aromatic heterocycles. The summed E-state index contributed by atoms with van der Waals surface area (Å²) < 4.78 is 7.05. The van der Waals surface area contributed by atoms with Gasteiger partial charge in [-0.15, -0.1) is 12.4 Å². The van der Waals surface area contributed by atoms with Gasteiger partial charge in [0.05, 0.1) is 6.33 Å². The third-order valence-electron chi connectivity index (χ3n) is 6.03. The number of nitrogens with one attached hydrogen (secondary N) is 1. The van der Waals surface area contributed by atoms with Gasteiger partial charge in [0.2, 0.25) is 11.5 Å². The average Bonchev–Trinajstić information content (AvgIpc) is 3.23. The van der Waals surface area contributed by atoms with Crippen molar-refractivity contribution in [1.82, 2.24) is 19.8 Å². The van der Waals surface area contributed by atoms with E-state index in [9.17, 15) is 9.59 Å². The molecule has 0 bridgehead atoms. The predicted octanol–water partition coefficient (Wildman–Crippen LogP) is 2.02. The van der Waals surface area contributed by atoms with Crippen LogP contribution in [0.2, 0.25) is 0 Å². The Labute approximate surface area is 168 Å². The molecule has 8 heteroatoms. The molecule has 4 heterocycles. The molecular weight excluding hydrogens is 380 g/mol. The number of rotatable bonds is 2. The number of hydrogen-bond donors (Lipinski definition) is 1. The smallest absolute Gasteiger partial charge is 0.297 e. The molecule has 1 amide bonds. The van der Waals surface area contributed by atoms with Crippen LogP contribution in [0, 0.1) is 11.8 Å². The third kappa shape index (κ3) is 3.18.